The number of hydrogen-bond donors (Lipinski definition) is 3. The first-order valence-electron chi connectivity index (χ1n) is 6.45. The fraction of sp³-hybridized carbons (Fsp3) is 0.286. The maximum absolute atomic E-state index is 11.1. The lowest BCUT2D eigenvalue weighted by Crippen LogP contribution is -2.12. The summed E-state index contributed by atoms with van der Waals surface area (Å²) >= 11 is 0. The summed E-state index contributed by atoms with van der Waals surface area (Å²) in [6, 6.07) is 5.00. The number of nitrogens with one attached hydrogen (secondary N) is 1. The minimum absolute atomic E-state index is 0.406. The minimum Gasteiger partial charge on any atom is -0.397 e. The number of benzene rings is 1. The maximum Gasteiger partial charge on any atom is 0.248 e. The molecule has 0 saturated heterocycles. The molecule has 1 aromatic heterocycles. The number of carbonyl (C=O) groups is 1. The maximum atomic E-state index is 11.1. The van der Waals surface area contributed by atoms with Gasteiger partial charge < -0.3 is 16.8 Å². The fourth-order valence-corrected chi connectivity index (χ4v) is 2.10. The molecule has 6 nitrogen and oxygen atoms in total. The highest BCUT2D eigenvalue weighted by Crippen LogP contribution is 2.21. The molecule has 1 amide bonds. The van der Waals surface area contributed by atoms with E-state index in [1.165, 1.54) is 0 Å². The van der Waals surface area contributed by atoms with Crippen LogP contribution < -0.4 is 16.8 Å². The van der Waals surface area contributed by atoms with Crippen molar-refractivity contribution in [1.82, 2.24) is 9.78 Å². The van der Waals surface area contributed by atoms with Gasteiger partial charge >= 0.3 is 0 Å². The highest BCUT2D eigenvalue weighted by molar-refractivity contribution is 5.94. The number of amides is 1. The summed E-state index contributed by atoms with van der Waals surface area (Å²) in [7, 11) is 1.90. The van der Waals surface area contributed by atoms with Gasteiger partial charge in [-0.2, -0.15) is 5.10 Å². The Morgan fingerprint density at radius 1 is 1.45 bits per heavy atom. The number of nitrogens with zero attached hydrogens (tertiary/aromatic N) is 2. The van der Waals surface area contributed by atoms with Crippen LogP contribution in [0.4, 0.5) is 11.4 Å². The van der Waals surface area contributed by atoms with Crippen molar-refractivity contribution in [1.29, 1.82) is 0 Å². The van der Waals surface area contributed by atoms with E-state index in [9.17, 15) is 4.79 Å². The smallest absolute Gasteiger partial charge is 0.248 e. The molecule has 0 saturated carbocycles. The van der Waals surface area contributed by atoms with Crippen LogP contribution in [0.25, 0.3) is 0 Å². The molecule has 0 atom stereocenters. The molecule has 106 valence electrons. The third-order valence-corrected chi connectivity index (χ3v) is 3.13. The SMILES string of the molecule is CCc1nn(C)cc1CNc1ccc(C(N)=O)cc1N. The second-order valence-corrected chi connectivity index (χ2v) is 4.65. The number of anilines is 2. The van der Waals surface area contributed by atoms with Gasteiger partial charge in [-0.15, -0.1) is 0 Å². The average molecular weight is 273 g/mol. The van der Waals surface area contributed by atoms with Crippen molar-refractivity contribution < 1.29 is 4.79 Å². The number of nitrogen functional groups attached to an aromatic ring is 1. The Morgan fingerprint density at radius 3 is 2.80 bits per heavy atom. The summed E-state index contributed by atoms with van der Waals surface area (Å²) in [5, 5.41) is 7.64. The average Bonchev–Trinajstić information content (AvgIpc) is 2.77. The van der Waals surface area contributed by atoms with Crippen LogP contribution in [-0.4, -0.2) is 15.7 Å². The van der Waals surface area contributed by atoms with E-state index in [2.05, 4.69) is 17.3 Å². The first-order valence-corrected chi connectivity index (χ1v) is 6.45. The van der Waals surface area contributed by atoms with Crippen molar-refractivity contribution in [2.24, 2.45) is 12.8 Å². The molecule has 0 bridgehead atoms. The standard InChI is InChI=1S/C14H19N5O/c1-3-12-10(8-19(2)18-12)7-17-13-5-4-9(14(16)20)6-11(13)15/h4-6,8,17H,3,7,15H2,1-2H3,(H2,16,20). The van der Waals surface area contributed by atoms with Gasteiger partial charge in [-0.25, -0.2) is 0 Å². The summed E-state index contributed by atoms with van der Waals surface area (Å²) in [5.41, 5.74) is 15.0. The Kier molecular flexibility index (Phi) is 3.93. The Morgan fingerprint density at radius 2 is 2.20 bits per heavy atom. The zero-order chi connectivity index (χ0) is 14.7. The van der Waals surface area contributed by atoms with Gasteiger partial charge in [0.05, 0.1) is 17.1 Å². The molecule has 1 heterocycles. The van der Waals surface area contributed by atoms with E-state index in [1.807, 2.05) is 13.2 Å². The summed E-state index contributed by atoms with van der Waals surface area (Å²) in [4.78, 5) is 11.1. The summed E-state index contributed by atoms with van der Waals surface area (Å²) in [5.74, 6) is -0.483. The number of carbonyl (C=O) groups excluding carboxylic acids is 1. The fourth-order valence-electron chi connectivity index (χ4n) is 2.10. The van der Waals surface area contributed by atoms with Crippen molar-refractivity contribution in [3.05, 3.63) is 41.2 Å². The number of rotatable bonds is 5. The van der Waals surface area contributed by atoms with Crippen molar-refractivity contribution in [3.63, 3.8) is 0 Å². The van der Waals surface area contributed by atoms with E-state index < -0.39 is 5.91 Å². The van der Waals surface area contributed by atoms with Crippen LogP contribution in [0.3, 0.4) is 0 Å². The highest BCUT2D eigenvalue weighted by atomic mass is 16.1. The van der Waals surface area contributed by atoms with Crippen molar-refractivity contribution in [3.8, 4) is 0 Å². The molecular formula is C14H19N5O. The van der Waals surface area contributed by atoms with Crippen LogP contribution in [0.2, 0.25) is 0 Å². The number of nitrogens with two attached hydrogens (primary N) is 2. The molecule has 0 aliphatic heterocycles. The van der Waals surface area contributed by atoms with Gasteiger partial charge in [0.1, 0.15) is 0 Å². The van der Waals surface area contributed by atoms with Gasteiger partial charge in [-0.05, 0) is 24.6 Å². The summed E-state index contributed by atoms with van der Waals surface area (Å²) in [6.45, 7) is 2.71. The Bertz CT molecular complexity index is 632. The number of aryl methyl sites for hydroxylation is 2. The predicted molar refractivity (Wildman–Crippen MR) is 79.3 cm³/mol. The van der Waals surface area contributed by atoms with Crippen LogP contribution in [0.1, 0.15) is 28.5 Å². The Balaban J connectivity index is 2.12. The second kappa shape index (κ2) is 5.64. The van der Waals surface area contributed by atoms with Gasteiger partial charge in [0, 0.05) is 30.9 Å². The van der Waals surface area contributed by atoms with Crippen molar-refractivity contribution >= 4 is 17.3 Å². The molecule has 6 heteroatoms. The third kappa shape index (κ3) is 2.90. The first kappa shape index (κ1) is 13.9. The Hall–Kier alpha value is -2.50. The van der Waals surface area contributed by atoms with E-state index in [4.69, 9.17) is 11.5 Å². The van der Waals surface area contributed by atoms with Gasteiger partial charge in [0.2, 0.25) is 5.91 Å². The normalized spacial score (nSPS) is 10.5. The van der Waals surface area contributed by atoms with E-state index in [0.29, 0.717) is 17.8 Å². The lowest BCUT2D eigenvalue weighted by atomic mass is 10.1. The summed E-state index contributed by atoms with van der Waals surface area (Å²) < 4.78 is 1.80. The van der Waals surface area contributed by atoms with Gasteiger partial charge in [0.25, 0.3) is 0 Å². The van der Waals surface area contributed by atoms with E-state index in [1.54, 1.807) is 22.9 Å². The summed E-state index contributed by atoms with van der Waals surface area (Å²) in [6.07, 6.45) is 2.87. The molecule has 20 heavy (non-hydrogen) atoms. The molecule has 5 N–H and O–H groups in total. The molecule has 0 fully saturated rings. The predicted octanol–water partition coefficient (Wildman–Crippen LogP) is 1.28. The van der Waals surface area contributed by atoms with Crippen LogP contribution in [0.15, 0.2) is 24.4 Å². The van der Waals surface area contributed by atoms with Crippen molar-refractivity contribution in [2.75, 3.05) is 11.1 Å². The molecule has 0 aliphatic carbocycles. The number of hydrogen-bond acceptors (Lipinski definition) is 4. The van der Waals surface area contributed by atoms with Crippen LogP contribution >= 0.6 is 0 Å². The molecule has 0 radical (unpaired) electrons. The third-order valence-electron chi connectivity index (χ3n) is 3.13. The number of primary amides is 1. The zero-order valence-electron chi connectivity index (χ0n) is 11.7. The van der Waals surface area contributed by atoms with E-state index >= 15 is 0 Å². The molecule has 0 unspecified atom stereocenters. The second-order valence-electron chi connectivity index (χ2n) is 4.65. The molecule has 2 rings (SSSR count). The zero-order valence-corrected chi connectivity index (χ0v) is 11.7. The van der Waals surface area contributed by atoms with Crippen LogP contribution in [0.5, 0.6) is 0 Å². The van der Waals surface area contributed by atoms with Gasteiger partial charge in [-0.1, -0.05) is 6.92 Å². The highest BCUT2D eigenvalue weighted by Gasteiger charge is 2.08. The van der Waals surface area contributed by atoms with E-state index in [0.717, 1.165) is 23.4 Å². The monoisotopic (exact) mass is 273 g/mol. The molecular weight excluding hydrogens is 254 g/mol. The van der Waals surface area contributed by atoms with Crippen LogP contribution in [-0.2, 0) is 20.0 Å². The molecule has 0 spiro atoms. The minimum atomic E-state index is -0.483. The molecule has 2 aromatic rings. The van der Waals surface area contributed by atoms with Crippen LogP contribution in [0, 0.1) is 0 Å². The number of aromatic nitrogens is 2. The quantitative estimate of drug-likeness (QED) is 0.714. The Labute approximate surface area is 117 Å². The molecule has 1 aromatic carbocycles. The lowest BCUT2D eigenvalue weighted by Gasteiger charge is -2.10. The first-order chi connectivity index (χ1) is 9.51. The topological polar surface area (TPSA) is 99.0 Å². The van der Waals surface area contributed by atoms with Gasteiger partial charge in [0.15, 0.2) is 0 Å². The van der Waals surface area contributed by atoms with E-state index in [-0.39, 0.29) is 0 Å². The largest absolute Gasteiger partial charge is 0.397 e. The van der Waals surface area contributed by atoms with Crippen molar-refractivity contribution in [2.45, 2.75) is 19.9 Å². The lowest BCUT2D eigenvalue weighted by molar-refractivity contribution is 0.100. The molecule has 0 aliphatic rings. The van der Waals surface area contributed by atoms with Gasteiger partial charge in [-0.3, -0.25) is 9.48 Å².